The van der Waals surface area contributed by atoms with E-state index in [-0.39, 0.29) is 12.4 Å². The Morgan fingerprint density at radius 1 is 1.16 bits per heavy atom. The van der Waals surface area contributed by atoms with Crippen LogP contribution in [0.4, 0.5) is 13.2 Å². The summed E-state index contributed by atoms with van der Waals surface area (Å²) in [6.45, 7) is 3.68. The lowest BCUT2D eigenvalue weighted by atomic mass is 10.1. The first-order valence-electron chi connectivity index (χ1n) is 9.32. The van der Waals surface area contributed by atoms with Gasteiger partial charge in [-0.2, -0.15) is 9.36 Å². The standard InChI is InChI=1S/C20H20F3N5O3/c1-4-17(14-8-6-9-15(11-14)31-20(21,22)23)24-30-12-16-13(2)7-5-10-18(16)28-19(29)27(3)25-26-28/h5-11H,4,12H2,1-3H3/b24-17-. The summed E-state index contributed by atoms with van der Waals surface area (Å²) >= 11 is 0. The van der Waals surface area contributed by atoms with Crippen LogP contribution in [0.15, 0.2) is 52.4 Å². The average molecular weight is 435 g/mol. The quantitative estimate of drug-likeness (QED) is 0.419. The van der Waals surface area contributed by atoms with Crippen molar-refractivity contribution in [2.75, 3.05) is 0 Å². The minimum absolute atomic E-state index is 0.0211. The number of alkyl halides is 3. The van der Waals surface area contributed by atoms with Gasteiger partial charge in [0.05, 0.1) is 11.4 Å². The van der Waals surface area contributed by atoms with Gasteiger partial charge in [-0.15, -0.1) is 13.2 Å². The summed E-state index contributed by atoms with van der Waals surface area (Å²) in [5, 5.41) is 11.7. The number of ether oxygens (including phenoxy) is 1. The van der Waals surface area contributed by atoms with E-state index in [4.69, 9.17) is 4.84 Å². The summed E-state index contributed by atoms with van der Waals surface area (Å²) in [6, 6.07) is 10.9. The third-order valence-electron chi connectivity index (χ3n) is 4.45. The van der Waals surface area contributed by atoms with Crippen LogP contribution in [0.3, 0.4) is 0 Å². The van der Waals surface area contributed by atoms with E-state index in [1.165, 1.54) is 25.2 Å². The van der Waals surface area contributed by atoms with E-state index in [0.717, 1.165) is 14.9 Å². The van der Waals surface area contributed by atoms with Crippen molar-refractivity contribution in [3.63, 3.8) is 0 Å². The topological polar surface area (TPSA) is 83.5 Å². The molecular formula is C20H20F3N5O3. The van der Waals surface area contributed by atoms with Crippen LogP contribution in [-0.2, 0) is 18.5 Å². The molecule has 0 unspecified atom stereocenters. The van der Waals surface area contributed by atoms with Crippen molar-refractivity contribution in [1.29, 1.82) is 0 Å². The molecule has 3 rings (SSSR count). The van der Waals surface area contributed by atoms with E-state index in [9.17, 15) is 18.0 Å². The summed E-state index contributed by atoms with van der Waals surface area (Å²) in [6.07, 6.45) is -4.36. The van der Waals surface area contributed by atoms with Crippen LogP contribution in [-0.4, -0.2) is 31.9 Å². The van der Waals surface area contributed by atoms with Crippen molar-refractivity contribution in [3.8, 4) is 11.4 Å². The third-order valence-corrected chi connectivity index (χ3v) is 4.45. The molecule has 8 nitrogen and oxygen atoms in total. The van der Waals surface area contributed by atoms with Gasteiger partial charge in [-0.1, -0.05) is 36.3 Å². The Bertz CT molecular complexity index is 1150. The minimum atomic E-state index is -4.78. The fourth-order valence-electron chi connectivity index (χ4n) is 2.91. The molecule has 0 amide bonds. The summed E-state index contributed by atoms with van der Waals surface area (Å²) in [7, 11) is 1.49. The molecule has 0 aliphatic rings. The molecule has 1 aromatic heterocycles. The molecule has 0 aliphatic heterocycles. The number of hydrogen-bond donors (Lipinski definition) is 0. The van der Waals surface area contributed by atoms with E-state index in [2.05, 4.69) is 20.3 Å². The van der Waals surface area contributed by atoms with E-state index in [1.54, 1.807) is 25.1 Å². The molecular weight excluding hydrogens is 415 g/mol. The zero-order valence-corrected chi connectivity index (χ0v) is 17.1. The second-order valence-electron chi connectivity index (χ2n) is 6.61. The molecule has 31 heavy (non-hydrogen) atoms. The van der Waals surface area contributed by atoms with Crippen molar-refractivity contribution < 1.29 is 22.7 Å². The summed E-state index contributed by atoms with van der Waals surface area (Å²) in [4.78, 5) is 17.7. The largest absolute Gasteiger partial charge is 0.573 e. The molecule has 0 N–H and O–H groups in total. The predicted molar refractivity (Wildman–Crippen MR) is 106 cm³/mol. The van der Waals surface area contributed by atoms with Crippen LogP contribution in [0.1, 0.15) is 30.0 Å². The number of halogens is 3. The molecule has 2 aromatic carbocycles. The van der Waals surface area contributed by atoms with E-state index >= 15 is 0 Å². The van der Waals surface area contributed by atoms with Gasteiger partial charge in [-0.05, 0) is 47.5 Å². The zero-order chi connectivity index (χ0) is 22.6. The second kappa shape index (κ2) is 9.02. The SMILES string of the molecule is CC/C(=N/OCc1c(C)cccc1-n1nnn(C)c1=O)c1cccc(OC(F)(F)F)c1. The number of rotatable bonds is 7. The van der Waals surface area contributed by atoms with Crippen molar-refractivity contribution in [2.45, 2.75) is 33.2 Å². The van der Waals surface area contributed by atoms with Crippen molar-refractivity contribution in [2.24, 2.45) is 12.2 Å². The molecule has 0 spiro atoms. The number of tetrazole rings is 1. The monoisotopic (exact) mass is 435 g/mol. The Morgan fingerprint density at radius 2 is 1.90 bits per heavy atom. The maximum Gasteiger partial charge on any atom is 0.573 e. The molecule has 0 saturated heterocycles. The van der Waals surface area contributed by atoms with E-state index in [1.807, 2.05) is 13.0 Å². The van der Waals surface area contributed by atoms with Gasteiger partial charge < -0.3 is 9.57 Å². The highest BCUT2D eigenvalue weighted by Gasteiger charge is 2.31. The highest BCUT2D eigenvalue weighted by molar-refractivity contribution is 6.00. The Morgan fingerprint density at radius 3 is 2.55 bits per heavy atom. The number of aryl methyl sites for hydroxylation is 2. The first-order valence-corrected chi connectivity index (χ1v) is 9.32. The van der Waals surface area contributed by atoms with Crippen molar-refractivity contribution in [3.05, 3.63) is 69.6 Å². The normalized spacial score (nSPS) is 12.1. The van der Waals surface area contributed by atoms with Crippen LogP contribution >= 0.6 is 0 Å². The van der Waals surface area contributed by atoms with Gasteiger partial charge in [0.1, 0.15) is 12.4 Å². The Balaban J connectivity index is 1.84. The lowest BCUT2D eigenvalue weighted by Crippen LogP contribution is -2.23. The fraction of sp³-hybridized carbons (Fsp3) is 0.300. The van der Waals surface area contributed by atoms with Gasteiger partial charge in [0, 0.05) is 18.2 Å². The molecule has 3 aromatic rings. The van der Waals surface area contributed by atoms with Crippen LogP contribution in [0.5, 0.6) is 5.75 Å². The van der Waals surface area contributed by atoms with Gasteiger partial charge in [-0.3, -0.25) is 0 Å². The number of aromatic nitrogens is 4. The van der Waals surface area contributed by atoms with E-state index in [0.29, 0.717) is 28.9 Å². The first kappa shape index (κ1) is 22.1. The molecule has 0 fully saturated rings. The maximum atomic E-state index is 12.5. The summed E-state index contributed by atoms with van der Waals surface area (Å²) < 4.78 is 43.7. The molecule has 11 heteroatoms. The average Bonchev–Trinajstić information content (AvgIpc) is 3.03. The van der Waals surface area contributed by atoms with Crippen LogP contribution in [0.2, 0.25) is 0 Å². The number of hydrogen-bond acceptors (Lipinski definition) is 6. The second-order valence-corrected chi connectivity index (χ2v) is 6.61. The molecule has 0 atom stereocenters. The summed E-state index contributed by atoms with van der Waals surface area (Å²) in [5.74, 6) is -0.339. The predicted octanol–water partition coefficient (Wildman–Crippen LogP) is 3.50. The summed E-state index contributed by atoms with van der Waals surface area (Å²) in [5.41, 5.74) is 2.51. The number of oxime groups is 1. The lowest BCUT2D eigenvalue weighted by molar-refractivity contribution is -0.274. The highest BCUT2D eigenvalue weighted by Crippen LogP contribution is 2.24. The minimum Gasteiger partial charge on any atom is -0.406 e. The Hall–Kier alpha value is -3.63. The molecule has 1 heterocycles. The molecule has 0 radical (unpaired) electrons. The Kier molecular flexibility index (Phi) is 6.42. The maximum absolute atomic E-state index is 12.5. The zero-order valence-electron chi connectivity index (χ0n) is 17.1. The molecule has 0 aliphatic carbocycles. The number of benzene rings is 2. The fourth-order valence-corrected chi connectivity index (χ4v) is 2.91. The van der Waals surface area contributed by atoms with Crippen LogP contribution < -0.4 is 10.4 Å². The van der Waals surface area contributed by atoms with Gasteiger partial charge in [-0.25, -0.2) is 4.79 Å². The van der Waals surface area contributed by atoms with Crippen LogP contribution in [0, 0.1) is 6.92 Å². The van der Waals surface area contributed by atoms with Gasteiger partial charge in [0.25, 0.3) is 0 Å². The molecule has 0 bridgehead atoms. The number of nitrogens with zero attached hydrogens (tertiary/aromatic N) is 5. The Labute approximate surface area is 175 Å². The van der Waals surface area contributed by atoms with Gasteiger partial charge >= 0.3 is 12.1 Å². The van der Waals surface area contributed by atoms with Crippen molar-refractivity contribution in [1.82, 2.24) is 19.8 Å². The molecule has 164 valence electrons. The van der Waals surface area contributed by atoms with Crippen LogP contribution in [0.25, 0.3) is 5.69 Å². The van der Waals surface area contributed by atoms with E-state index < -0.39 is 12.1 Å². The first-order chi connectivity index (χ1) is 14.7. The van der Waals surface area contributed by atoms with Gasteiger partial charge in [0.15, 0.2) is 0 Å². The molecule has 0 saturated carbocycles. The smallest absolute Gasteiger partial charge is 0.406 e. The van der Waals surface area contributed by atoms with Gasteiger partial charge in [0.2, 0.25) is 0 Å². The lowest BCUT2D eigenvalue weighted by Gasteiger charge is -2.12. The van der Waals surface area contributed by atoms with Crippen molar-refractivity contribution >= 4 is 5.71 Å². The highest BCUT2D eigenvalue weighted by atomic mass is 19.4. The third kappa shape index (κ3) is 5.30.